The van der Waals surface area contributed by atoms with E-state index in [0.717, 1.165) is 11.1 Å². The van der Waals surface area contributed by atoms with E-state index in [1.165, 1.54) is 29.6 Å². The molecule has 0 spiro atoms. The van der Waals surface area contributed by atoms with Crippen LogP contribution in [0.15, 0.2) is 83.8 Å². The Morgan fingerprint density at radius 2 is 1.47 bits per heavy atom. The zero-order valence-electron chi connectivity index (χ0n) is 18.3. The van der Waals surface area contributed by atoms with E-state index >= 15 is 0 Å². The van der Waals surface area contributed by atoms with Gasteiger partial charge in [0.1, 0.15) is 0 Å². The van der Waals surface area contributed by atoms with E-state index in [2.05, 4.69) is 5.32 Å². The highest BCUT2D eigenvalue weighted by atomic mass is 35.5. The lowest BCUT2D eigenvalue weighted by Crippen LogP contribution is -2.33. The van der Waals surface area contributed by atoms with Crippen molar-refractivity contribution in [1.29, 1.82) is 0 Å². The topological polar surface area (TPSA) is 66.5 Å². The van der Waals surface area contributed by atoms with E-state index in [4.69, 9.17) is 11.6 Å². The standard InChI is InChI=1S/C25H27ClN2O3S/c1-18(2)28(3)32(30,31)21-14-15-24(26)22(16-21)25(29)27-17-23(19-10-6-4-7-11-19)20-12-8-5-9-13-20/h4-16,18,23H,17H2,1-3H3,(H,27,29). The summed E-state index contributed by atoms with van der Waals surface area (Å²) in [5.74, 6) is -0.477. The van der Waals surface area contributed by atoms with Crippen LogP contribution in [0.3, 0.4) is 0 Å². The van der Waals surface area contributed by atoms with Gasteiger partial charge in [-0.15, -0.1) is 0 Å². The van der Waals surface area contributed by atoms with Crippen LogP contribution in [-0.4, -0.2) is 38.3 Å². The summed E-state index contributed by atoms with van der Waals surface area (Å²) in [6, 6.07) is 23.8. The average molecular weight is 471 g/mol. The quantitative estimate of drug-likeness (QED) is 0.507. The van der Waals surface area contributed by atoms with Gasteiger partial charge in [0.05, 0.1) is 15.5 Å². The third kappa shape index (κ3) is 5.38. The Balaban J connectivity index is 1.86. The lowest BCUT2D eigenvalue weighted by molar-refractivity contribution is 0.0952. The Bertz CT molecular complexity index is 1130. The van der Waals surface area contributed by atoms with Gasteiger partial charge in [-0.05, 0) is 43.2 Å². The number of sulfonamides is 1. The molecule has 0 saturated carbocycles. The van der Waals surface area contributed by atoms with Gasteiger partial charge < -0.3 is 5.32 Å². The molecule has 1 amide bonds. The molecule has 0 bridgehead atoms. The summed E-state index contributed by atoms with van der Waals surface area (Å²) < 4.78 is 27.0. The number of halogens is 1. The van der Waals surface area contributed by atoms with E-state index < -0.39 is 15.9 Å². The van der Waals surface area contributed by atoms with Crippen molar-refractivity contribution >= 4 is 27.5 Å². The third-order valence-corrected chi connectivity index (χ3v) is 7.82. The lowest BCUT2D eigenvalue weighted by Gasteiger charge is -2.22. The first-order chi connectivity index (χ1) is 15.2. The fraction of sp³-hybridized carbons (Fsp3) is 0.240. The third-order valence-electron chi connectivity index (χ3n) is 5.46. The van der Waals surface area contributed by atoms with Gasteiger partial charge in [0.15, 0.2) is 0 Å². The number of hydrogen-bond donors (Lipinski definition) is 1. The molecule has 3 aromatic rings. The molecule has 0 radical (unpaired) electrons. The van der Waals surface area contributed by atoms with Crippen molar-refractivity contribution in [1.82, 2.24) is 9.62 Å². The number of amides is 1. The van der Waals surface area contributed by atoms with Crippen LogP contribution in [0, 0.1) is 0 Å². The number of rotatable bonds is 8. The molecule has 3 aromatic carbocycles. The van der Waals surface area contributed by atoms with E-state index in [-0.39, 0.29) is 27.4 Å². The van der Waals surface area contributed by atoms with Gasteiger partial charge in [0.25, 0.3) is 5.91 Å². The predicted molar refractivity (Wildman–Crippen MR) is 129 cm³/mol. The Kier molecular flexibility index (Phi) is 7.72. The molecule has 0 saturated heterocycles. The highest BCUT2D eigenvalue weighted by Crippen LogP contribution is 2.26. The van der Waals surface area contributed by atoms with Crippen LogP contribution in [0.5, 0.6) is 0 Å². The van der Waals surface area contributed by atoms with Crippen LogP contribution in [-0.2, 0) is 10.0 Å². The zero-order valence-corrected chi connectivity index (χ0v) is 19.9. The second kappa shape index (κ2) is 10.3. The highest BCUT2D eigenvalue weighted by molar-refractivity contribution is 7.89. The van der Waals surface area contributed by atoms with Crippen LogP contribution in [0.4, 0.5) is 0 Å². The second-order valence-corrected chi connectivity index (χ2v) is 10.2. The van der Waals surface area contributed by atoms with Gasteiger partial charge in [0.2, 0.25) is 10.0 Å². The maximum absolute atomic E-state index is 13.0. The van der Waals surface area contributed by atoms with Crippen LogP contribution >= 0.6 is 11.6 Å². The number of benzene rings is 3. The zero-order chi connectivity index (χ0) is 23.3. The molecule has 0 unspecified atom stereocenters. The minimum atomic E-state index is -3.73. The molecule has 0 fully saturated rings. The molecule has 1 N–H and O–H groups in total. The molecular formula is C25H27ClN2O3S. The molecular weight excluding hydrogens is 444 g/mol. The van der Waals surface area contributed by atoms with E-state index in [9.17, 15) is 13.2 Å². The van der Waals surface area contributed by atoms with Gasteiger partial charge >= 0.3 is 0 Å². The number of carbonyl (C=O) groups excluding carboxylic acids is 1. The molecule has 168 valence electrons. The summed E-state index contributed by atoms with van der Waals surface area (Å²) in [5, 5.41) is 3.13. The Labute approximate surface area is 195 Å². The van der Waals surface area contributed by atoms with Crippen molar-refractivity contribution in [2.75, 3.05) is 13.6 Å². The minimum Gasteiger partial charge on any atom is -0.351 e. The van der Waals surface area contributed by atoms with Gasteiger partial charge in [-0.2, -0.15) is 4.31 Å². The summed E-state index contributed by atoms with van der Waals surface area (Å²) in [6.07, 6.45) is 0. The van der Waals surface area contributed by atoms with Crippen molar-refractivity contribution < 1.29 is 13.2 Å². The normalized spacial score (nSPS) is 11.8. The first-order valence-electron chi connectivity index (χ1n) is 10.4. The second-order valence-electron chi connectivity index (χ2n) is 7.84. The smallest absolute Gasteiger partial charge is 0.252 e. The summed E-state index contributed by atoms with van der Waals surface area (Å²) in [5.41, 5.74) is 2.27. The van der Waals surface area contributed by atoms with Gasteiger partial charge in [0, 0.05) is 25.6 Å². The molecule has 0 aliphatic heterocycles. The molecule has 0 atom stereocenters. The van der Waals surface area contributed by atoms with Crippen molar-refractivity contribution in [3.8, 4) is 0 Å². The number of nitrogens with one attached hydrogen (secondary N) is 1. The molecule has 0 heterocycles. The summed E-state index contributed by atoms with van der Waals surface area (Å²) in [4.78, 5) is 13.0. The van der Waals surface area contributed by atoms with Crippen molar-refractivity contribution in [3.05, 3.63) is 101 Å². The van der Waals surface area contributed by atoms with Crippen LogP contribution in [0.25, 0.3) is 0 Å². The van der Waals surface area contributed by atoms with Gasteiger partial charge in [-0.3, -0.25) is 4.79 Å². The lowest BCUT2D eigenvalue weighted by atomic mass is 9.91. The first kappa shape index (κ1) is 24.0. The van der Waals surface area contributed by atoms with E-state index in [1.807, 2.05) is 60.7 Å². The largest absolute Gasteiger partial charge is 0.351 e. The molecule has 0 aliphatic carbocycles. The molecule has 7 heteroatoms. The summed E-state index contributed by atoms with van der Waals surface area (Å²) in [7, 11) is -2.22. The highest BCUT2D eigenvalue weighted by Gasteiger charge is 2.25. The molecule has 32 heavy (non-hydrogen) atoms. The van der Waals surface area contributed by atoms with Crippen LogP contribution in [0.2, 0.25) is 5.02 Å². The first-order valence-corrected chi connectivity index (χ1v) is 12.2. The molecule has 0 aromatic heterocycles. The average Bonchev–Trinajstić information content (AvgIpc) is 2.80. The number of nitrogens with zero attached hydrogens (tertiary/aromatic N) is 1. The summed E-state index contributed by atoms with van der Waals surface area (Å²) in [6.45, 7) is 3.91. The predicted octanol–water partition coefficient (Wildman–Crippen LogP) is 4.93. The minimum absolute atomic E-state index is 0.0333. The van der Waals surface area contributed by atoms with Gasteiger partial charge in [-0.1, -0.05) is 72.3 Å². The van der Waals surface area contributed by atoms with Crippen LogP contribution in [0.1, 0.15) is 41.3 Å². The fourth-order valence-electron chi connectivity index (χ4n) is 3.37. The van der Waals surface area contributed by atoms with E-state index in [1.54, 1.807) is 13.8 Å². The van der Waals surface area contributed by atoms with Crippen molar-refractivity contribution in [2.45, 2.75) is 30.7 Å². The fourth-order valence-corrected chi connectivity index (χ4v) is 4.97. The summed E-state index contributed by atoms with van der Waals surface area (Å²) >= 11 is 6.26. The van der Waals surface area contributed by atoms with Crippen molar-refractivity contribution in [2.24, 2.45) is 0 Å². The van der Waals surface area contributed by atoms with Crippen molar-refractivity contribution in [3.63, 3.8) is 0 Å². The molecule has 0 aliphatic rings. The Morgan fingerprint density at radius 1 is 0.938 bits per heavy atom. The maximum atomic E-state index is 13.0. The molecule has 3 rings (SSSR count). The Morgan fingerprint density at radius 3 is 1.97 bits per heavy atom. The molecule has 5 nitrogen and oxygen atoms in total. The van der Waals surface area contributed by atoms with E-state index in [0.29, 0.717) is 6.54 Å². The number of carbonyl (C=O) groups is 1. The van der Waals surface area contributed by atoms with Gasteiger partial charge in [-0.25, -0.2) is 8.42 Å². The SMILES string of the molecule is CC(C)N(C)S(=O)(=O)c1ccc(Cl)c(C(=O)NCC(c2ccccc2)c2ccccc2)c1. The maximum Gasteiger partial charge on any atom is 0.252 e. The monoisotopic (exact) mass is 470 g/mol. The Hall–Kier alpha value is -2.67. The number of hydrogen-bond acceptors (Lipinski definition) is 3. The van der Waals surface area contributed by atoms with Crippen LogP contribution < -0.4 is 5.32 Å².